The largest absolute Gasteiger partial charge is 0.355 e. The van der Waals surface area contributed by atoms with Gasteiger partial charge in [0.05, 0.1) is 17.6 Å². The summed E-state index contributed by atoms with van der Waals surface area (Å²) in [4.78, 5) is 46.0. The molecule has 2 N–H and O–H groups in total. The number of likely N-dealkylation sites (N-methyl/N-ethyl adjacent to an activating group) is 1. The summed E-state index contributed by atoms with van der Waals surface area (Å²) in [6, 6.07) is 7.23. The minimum atomic E-state index is -0.275. The molecule has 0 spiro atoms. The van der Waals surface area contributed by atoms with Crippen LogP contribution in [0.2, 0.25) is 0 Å². The van der Waals surface area contributed by atoms with Crippen molar-refractivity contribution in [2.45, 2.75) is 39.7 Å². The number of rotatable bonds is 9. The summed E-state index contributed by atoms with van der Waals surface area (Å²) >= 11 is 0. The van der Waals surface area contributed by atoms with E-state index in [-0.39, 0.29) is 29.5 Å². The number of nitrogens with one attached hydrogen (secondary N) is 2. The van der Waals surface area contributed by atoms with Gasteiger partial charge in [-0.15, -0.1) is 0 Å². The van der Waals surface area contributed by atoms with E-state index in [1.807, 2.05) is 26.0 Å². The topological polar surface area (TPSA) is 100 Å². The molecule has 3 heterocycles. The molecule has 0 aromatic carbocycles. The van der Waals surface area contributed by atoms with Gasteiger partial charge in [-0.1, -0.05) is 17.7 Å². The lowest BCUT2D eigenvalue weighted by Crippen LogP contribution is -2.25. The second kappa shape index (κ2) is 11.3. The molecule has 8 nitrogen and oxygen atoms in total. The number of H-pyrrole nitrogens is 1. The van der Waals surface area contributed by atoms with Crippen molar-refractivity contribution in [2.24, 2.45) is 0 Å². The summed E-state index contributed by atoms with van der Waals surface area (Å²) in [6.07, 6.45) is 10.3. The molecule has 3 aromatic heterocycles. The quantitative estimate of drug-likeness (QED) is 0.372. The van der Waals surface area contributed by atoms with Gasteiger partial charge in [0.2, 0.25) is 11.8 Å². The highest BCUT2D eigenvalue weighted by Crippen LogP contribution is 2.20. The van der Waals surface area contributed by atoms with Gasteiger partial charge in [0.25, 0.3) is 5.56 Å². The molecule has 178 valence electrons. The normalized spacial score (nSPS) is 11.1. The number of pyridine rings is 2. The highest BCUT2D eigenvalue weighted by Gasteiger charge is 2.10. The van der Waals surface area contributed by atoms with Gasteiger partial charge in [-0.05, 0) is 57.0 Å². The molecule has 0 aliphatic carbocycles. The summed E-state index contributed by atoms with van der Waals surface area (Å²) in [7, 11) is 3.37. The Morgan fingerprint density at radius 3 is 2.76 bits per heavy atom. The molecule has 0 aliphatic rings. The zero-order valence-corrected chi connectivity index (χ0v) is 20.1. The molecule has 0 fully saturated rings. The van der Waals surface area contributed by atoms with Crippen molar-refractivity contribution in [3.8, 4) is 0 Å². The smallest absolute Gasteiger partial charge is 0.274 e. The molecule has 0 saturated carbocycles. The first-order valence-electron chi connectivity index (χ1n) is 11.2. The molecule has 0 atom stereocenters. The van der Waals surface area contributed by atoms with Crippen LogP contribution in [0.5, 0.6) is 0 Å². The molecule has 0 unspecified atom stereocenters. The first kappa shape index (κ1) is 24.7. The summed E-state index contributed by atoms with van der Waals surface area (Å²) in [5.74, 6) is -0.323. The molecule has 0 aliphatic heterocycles. The van der Waals surface area contributed by atoms with E-state index in [0.29, 0.717) is 19.4 Å². The van der Waals surface area contributed by atoms with Crippen LogP contribution in [-0.4, -0.2) is 45.3 Å². The number of aromatic amines is 1. The average molecular weight is 462 g/mol. The minimum absolute atomic E-state index is 0.0896. The fourth-order valence-electron chi connectivity index (χ4n) is 3.48. The number of allylic oxidation sites excluding steroid dienone is 2. The average Bonchev–Trinajstić information content (AvgIpc) is 3.19. The lowest BCUT2D eigenvalue weighted by Gasteiger charge is -2.08. The standard InChI is InChI=1S/C26H31N5O3/c1-18(2)15-19-12-13-27-22-16-20(28-25(19)22)17-31-14-8-9-21(26(31)34)29-23(32)10-6-5-7-11-24(33)30(3)4/h7-9,11-16,28H,5-6,10,17H2,1-4H3,(H,29,32)/b11-7+. The maximum absolute atomic E-state index is 12.9. The Kier molecular flexibility index (Phi) is 8.19. The molecule has 0 bridgehead atoms. The first-order valence-corrected chi connectivity index (χ1v) is 11.2. The molecule has 0 radical (unpaired) electrons. The summed E-state index contributed by atoms with van der Waals surface area (Å²) in [5.41, 5.74) is 4.81. The van der Waals surface area contributed by atoms with Gasteiger partial charge in [-0.25, -0.2) is 0 Å². The van der Waals surface area contributed by atoms with Crippen LogP contribution in [0.25, 0.3) is 17.1 Å². The van der Waals surface area contributed by atoms with Crippen LogP contribution in [-0.2, 0) is 16.1 Å². The van der Waals surface area contributed by atoms with Gasteiger partial charge in [0, 0.05) is 44.2 Å². The third-order valence-corrected chi connectivity index (χ3v) is 5.16. The highest BCUT2D eigenvalue weighted by atomic mass is 16.2. The fraction of sp³-hybridized carbons (Fsp3) is 0.308. The van der Waals surface area contributed by atoms with Crippen LogP contribution in [0.4, 0.5) is 5.69 Å². The third kappa shape index (κ3) is 6.54. The van der Waals surface area contributed by atoms with E-state index in [1.165, 1.54) is 16.5 Å². The van der Waals surface area contributed by atoms with Crippen molar-refractivity contribution in [2.75, 3.05) is 19.4 Å². The Labute approximate surface area is 199 Å². The second-order valence-electron chi connectivity index (χ2n) is 8.61. The number of carbonyl (C=O) groups is 2. The molecular formula is C26H31N5O3. The maximum atomic E-state index is 12.9. The zero-order valence-electron chi connectivity index (χ0n) is 20.1. The summed E-state index contributed by atoms with van der Waals surface area (Å²) in [5, 5.41) is 2.71. The molecule has 34 heavy (non-hydrogen) atoms. The number of carbonyl (C=O) groups excluding carboxylic acids is 2. The monoisotopic (exact) mass is 461 g/mol. The Hall–Kier alpha value is -3.94. The maximum Gasteiger partial charge on any atom is 0.274 e. The lowest BCUT2D eigenvalue weighted by atomic mass is 10.1. The fourth-order valence-corrected chi connectivity index (χ4v) is 3.48. The Bertz CT molecular complexity index is 1290. The number of aromatic nitrogens is 3. The van der Waals surface area contributed by atoms with E-state index in [0.717, 1.165) is 22.3 Å². The van der Waals surface area contributed by atoms with Gasteiger partial charge in [0.1, 0.15) is 5.69 Å². The van der Waals surface area contributed by atoms with E-state index in [4.69, 9.17) is 0 Å². The molecule has 2 amide bonds. The SMILES string of the molecule is CC(C)=Cc1ccnc2cc(Cn3cccc(NC(=O)CCC/C=C/C(=O)N(C)C)c3=O)[nH]c12. The summed E-state index contributed by atoms with van der Waals surface area (Å²) < 4.78 is 1.55. The predicted molar refractivity (Wildman–Crippen MR) is 136 cm³/mol. The van der Waals surface area contributed by atoms with Crippen LogP contribution in [0.3, 0.4) is 0 Å². The van der Waals surface area contributed by atoms with E-state index in [2.05, 4.69) is 21.4 Å². The molecule has 3 rings (SSSR count). The number of amides is 2. The van der Waals surface area contributed by atoms with Crippen molar-refractivity contribution < 1.29 is 9.59 Å². The van der Waals surface area contributed by atoms with E-state index in [1.54, 1.807) is 49.3 Å². The molecule has 0 saturated heterocycles. The third-order valence-electron chi connectivity index (χ3n) is 5.16. The van der Waals surface area contributed by atoms with E-state index in [9.17, 15) is 14.4 Å². The molecular weight excluding hydrogens is 430 g/mol. The Morgan fingerprint density at radius 2 is 2.03 bits per heavy atom. The van der Waals surface area contributed by atoms with Gasteiger partial charge < -0.3 is 19.8 Å². The van der Waals surface area contributed by atoms with Crippen LogP contribution in [0.15, 0.2) is 59.2 Å². The van der Waals surface area contributed by atoms with Crippen molar-refractivity contribution in [3.05, 3.63) is 76.0 Å². The number of anilines is 1. The molecule has 3 aromatic rings. The highest BCUT2D eigenvalue weighted by molar-refractivity contribution is 5.90. The van der Waals surface area contributed by atoms with Crippen LogP contribution < -0.4 is 10.9 Å². The van der Waals surface area contributed by atoms with Gasteiger partial charge >= 0.3 is 0 Å². The van der Waals surface area contributed by atoms with Crippen molar-refractivity contribution in [1.29, 1.82) is 0 Å². The Morgan fingerprint density at radius 1 is 1.24 bits per heavy atom. The van der Waals surface area contributed by atoms with Gasteiger partial charge in [-0.2, -0.15) is 0 Å². The lowest BCUT2D eigenvalue weighted by molar-refractivity contribution is -0.123. The Balaban J connectivity index is 1.65. The van der Waals surface area contributed by atoms with E-state index >= 15 is 0 Å². The second-order valence-corrected chi connectivity index (χ2v) is 8.61. The van der Waals surface area contributed by atoms with Crippen LogP contribution >= 0.6 is 0 Å². The number of fused-ring (bicyclic) bond motifs is 1. The van der Waals surface area contributed by atoms with Gasteiger partial charge in [0.15, 0.2) is 0 Å². The number of hydrogen-bond donors (Lipinski definition) is 2. The number of hydrogen-bond acceptors (Lipinski definition) is 4. The van der Waals surface area contributed by atoms with Crippen LogP contribution in [0, 0.1) is 0 Å². The van der Waals surface area contributed by atoms with Gasteiger partial charge in [-0.3, -0.25) is 19.4 Å². The van der Waals surface area contributed by atoms with Crippen molar-refractivity contribution in [1.82, 2.24) is 19.4 Å². The first-order chi connectivity index (χ1) is 16.2. The predicted octanol–water partition coefficient (Wildman–Crippen LogP) is 3.95. The van der Waals surface area contributed by atoms with Crippen molar-refractivity contribution in [3.63, 3.8) is 0 Å². The van der Waals surface area contributed by atoms with Crippen LogP contribution in [0.1, 0.15) is 44.4 Å². The summed E-state index contributed by atoms with van der Waals surface area (Å²) in [6.45, 7) is 4.41. The van der Waals surface area contributed by atoms with Crippen molar-refractivity contribution >= 4 is 34.6 Å². The molecule has 8 heteroatoms. The number of unbranched alkanes of at least 4 members (excludes halogenated alkanes) is 1. The minimum Gasteiger partial charge on any atom is -0.355 e. The zero-order chi connectivity index (χ0) is 24.7. The number of nitrogens with zero attached hydrogens (tertiary/aromatic N) is 3. The van der Waals surface area contributed by atoms with E-state index < -0.39 is 0 Å².